The van der Waals surface area contributed by atoms with E-state index in [0.29, 0.717) is 17.8 Å². The summed E-state index contributed by atoms with van der Waals surface area (Å²) in [7, 11) is 0. The summed E-state index contributed by atoms with van der Waals surface area (Å²) in [5.74, 6) is -1.07. The first-order chi connectivity index (χ1) is 9.93. The molecule has 21 heavy (non-hydrogen) atoms. The van der Waals surface area contributed by atoms with E-state index >= 15 is 0 Å². The summed E-state index contributed by atoms with van der Waals surface area (Å²) >= 11 is 0. The van der Waals surface area contributed by atoms with Gasteiger partial charge in [0.25, 0.3) is 5.91 Å². The van der Waals surface area contributed by atoms with Crippen LogP contribution in [0, 0.1) is 11.7 Å². The average molecular weight is 291 g/mol. The van der Waals surface area contributed by atoms with Crippen LogP contribution in [0.15, 0.2) is 24.3 Å². The lowest BCUT2D eigenvalue weighted by Crippen LogP contribution is -2.30. The fourth-order valence-electron chi connectivity index (χ4n) is 2.32. The minimum absolute atomic E-state index is 0.184. The summed E-state index contributed by atoms with van der Waals surface area (Å²) in [5.41, 5.74) is 1.25. The number of fused-ring (bicyclic) bond motifs is 1. The van der Waals surface area contributed by atoms with Gasteiger partial charge in [0.2, 0.25) is 0 Å². The number of halogens is 1. The summed E-state index contributed by atoms with van der Waals surface area (Å²) < 4.78 is 18.3. The Morgan fingerprint density at radius 1 is 1.43 bits per heavy atom. The van der Waals surface area contributed by atoms with Gasteiger partial charge < -0.3 is 9.64 Å². The number of hydrogen-bond donors (Lipinski definition) is 0. The molecule has 0 fully saturated rings. The minimum Gasteiger partial charge on any atom is -0.463 e. The Hall–Kier alpha value is -2.17. The van der Waals surface area contributed by atoms with Crippen LogP contribution in [0.2, 0.25) is 0 Å². The lowest BCUT2D eigenvalue weighted by molar-refractivity contribution is -0.137. The molecular weight excluding hydrogens is 273 g/mol. The Morgan fingerprint density at radius 2 is 2.14 bits per heavy atom. The summed E-state index contributed by atoms with van der Waals surface area (Å²) in [6.07, 6.45) is 1.14. The van der Waals surface area contributed by atoms with E-state index in [-0.39, 0.29) is 24.0 Å². The van der Waals surface area contributed by atoms with Crippen molar-refractivity contribution in [2.24, 2.45) is 5.92 Å². The van der Waals surface area contributed by atoms with E-state index in [2.05, 4.69) is 0 Å². The molecule has 0 aliphatic carbocycles. The summed E-state index contributed by atoms with van der Waals surface area (Å²) in [5, 5.41) is 0. The van der Waals surface area contributed by atoms with Crippen LogP contribution in [0.3, 0.4) is 0 Å². The second-order valence-electron chi connectivity index (χ2n) is 5.28. The maximum absolute atomic E-state index is 13.5. The van der Waals surface area contributed by atoms with Crippen molar-refractivity contribution in [2.45, 2.75) is 20.8 Å². The summed E-state index contributed by atoms with van der Waals surface area (Å²) in [6, 6.07) is 4.16. The molecule has 0 atom stereocenters. The van der Waals surface area contributed by atoms with Gasteiger partial charge in [0, 0.05) is 18.2 Å². The molecule has 1 aliphatic heterocycles. The molecule has 1 amide bonds. The van der Waals surface area contributed by atoms with Crippen LogP contribution in [0.5, 0.6) is 0 Å². The van der Waals surface area contributed by atoms with Crippen molar-refractivity contribution < 1.29 is 18.7 Å². The number of carbonyl (C=O) groups excluding carboxylic acids is 2. The fourth-order valence-corrected chi connectivity index (χ4v) is 2.32. The number of amides is 1. The van der Waals surface area contributed by atoms with E-state index < -0.39 is 11.8 Å². The van der Waals surface area contributed by atoms with Crippen LogP contribution in [0.4, 0.5) is 10.1 Å². The third-order valence-electron chi connectivity index (χ3n) is 3.11. The molecule has 1 aromatic rings. The number of hydrogen-bond acceptors (Lipinski definition) is 3. The zero-order chi connectivity index (χ0) is 15.6. The van der Waals surface area contributed by atoms with E-state index in [1.54, 1.807) is 17.9 Å². The molecular formula is C16H18FNO3. The average Bonchev–Trinajstić information content (AvgIpc) is 2.64. The van der Waals surface area contributed by atoms with Gasteiger partial charge in [-0.2, -0.15) is 0 Å². The molecule has 1 aromatic carbocycles. The van der Waals surface area contributed by atoms with Gasteiger partial charge in [-0.3, -0.25) is 4.79 Å². The van der Waals surface area contributed by atoms with Crippen molar-refractivity contribution in [3.8, 4) is 0 Å². The number of ether oxygens (including phenoxy) is 1. The molecule has 2 rings (SSSR count). The molecule has 5 heteroatoms. The summed E-state index contributed by atoms with van der Waals surface area (Å²) in [6.45, 7) is 6.40. The Labute approximate surface area is 123 Å². The predicted octanol–water partition coefficient (Wildman–Crippen LogP) is 2.77. The normalized spacial score (nSPS) is 15.8. The molecule has 1 heterocycles. The molecule has 0 unspecified atom stereocenters. The third kappa shape index (κ3) is 3.12. The number of anilines is 1. The van der Waals surface area contributed by atoms with Crippen molar-refractivity contribution in [1.29, 1.82) is 0 Å². The van der Waals surface area contributed by atoms with Gasteiger partial charge in [-0.05, 0) is 31.0 Å². The third-order valence-corrected chi connectivity index (χ3v) is 3.11. The predicted molar refractivity (Wildman–Crippen MR) is 78.2 cm³/mol. The maximum atomic E-state index is 13.5. The molecule has 0 aromatic heterocycles. The van der Waals surface area contributed by atoms with Gasteiger partial charge in [0.05, 0.1) is 17.9 Å². The smallest absolute Gasteiger partial charge is 0.331 e. The molecule has 0 bridgehead atoms. The first kappa shape index (κ1) is 15.2. The first-order valence-corrected chi connectivity index (χ1v) is 6.94. The largest absolute Gasteiger partial charge is 0.463 e. The number of nitrogens with zero attached hydrogens (tertiary/aromatic N) is 1. The topological polar surface area (TPSA) is 46.6 Å². The van der Waals surface area contributed by atoms with E-state index in [4.69, 9.17) is 4.74 Å². The van der Waals surface area contributed by atoms with Crippen LogP contribution < -0.4 is 4.90 Å². The fraction of sp³-hybridized carbons (Fsp3) is 0.375. The molecule has 0 radical (unpaired) electrons. The number of esters is 1. The van der Waals surface area contributed by atoms with Crippen LogP contribution in [-0.4, -0.2) is 25.0 Å². The molecule has 0 N–H and O–H groups in total. The van der Waals surface area contributed by atoms with Gasteiger partial charge >= 0.3 is 5.97 Å². The van der Waals surface area contributed by atoms with Gasteiger partial charge in [-0.15, -0.1) is 0 Å². The van der Waals surface area contributed by atoms with Crippen molar-refractivity contribution >= 4 is 23.1 Å². The minimum atomic E-state index is -0.595. The maximum Gasteiger partial charge on any atom is 0.331 e. The Morgan fingerprint density at radius 3 is 2.76 bits per heavy atom. The Balaban J connectivity index is 2.46. The van der Waals surface area contributed by atoms with E-state index in [1.807, 2.05) is 13.8 Å². The lowest BCUT2D eigenvalue weighted by Gasteiger charge is -2.19. The lowest BCUT2D eigenvalue weighted by atomic mass is 10.1. The van der Waals surface area contributed by atoms with Gasteiger partial charge in [0.15, 0.2) is 0 Å². The number of carbonyl (C=O) groups is 2. The highest BCUT2D eigenvalue weighted by molar-refractivity contribution is 6.34. The van der Waals surface area contributed by atoms with Crippen molar-refractivity contribution in [2.75, 3.05) is 18.1 Å². The molecule has 0 saturated heterocycles. The van der Waals surface area contributed by atoms with E-state index in [0.717, 1.165) is 6.08 Å². The number of rotatable bonds is 4. The van der Waals surface area contributed by atoms with Crippen molar-refractivity contribution in [3.05, 3.63) is 35.7 Å². The molecule has 4 nitrogen and oxygen atoms in total. The summed E-state index contributed by atoms with van der Waals surface area (Å²) in [4.78, 5) is 25.7. The molecule has 1 aliphatic rings. The van der Waals surface area contributed by atoms with Crippen molar-refractivity contribution in [1.82, 2.24) is 0 Å². The first-order valence-electron chi connectivity index (χ1n) is 6.94. The van der Waals surface area contributed by atoms with Gasteiger partial charge in [-0.1, -0.05) is 13.8 Å². The Kier molecular flexibility index (Phi) is 4.40. The van der Waals surface area contributed by atoms with Gasteiger partial charge in [-0.25, -0.2) is 9.18 Å². The highest BCUT2D eigenvalue weighted by Crippen LogP contribution is 2.37. The second-order valence-corrected chi connectivity index (χ2v) is 5.28. The number of benzene rings is 1. The van der Waals surface area contributed by atoms with Crippen LogP contribution >= 0.6 is 0 Å². The van der Waals surface area contributed by atoms with E-state index in [9.17, 15) is 14.0 Å². The van der Waals surface area contributed by atoms with E-state index in [1.165, 1.54) is 12.1 Å². The highest BCUT2D eigenvalue weighted by atomic mass is 19.1. The standard InChI is InChI=1S/C16H18FNO3/c1-4-21-15(19)8-13-12-7-11(17)5-6-14(12)18(16(13)20)9-10(2)3/h5-8,10H,4,9H2,1-3H3. The SMILES string of the molecule is CCOC(=O)C=C1C(=O)N(CC(C)C)c2ccc(F)cc21. The highest BCUT2D eigenvalue weighted by Gasteiger charge is 2.33. The Bertz CT molecular complexity index is 608. The molecule has 112 valence electrons. The van der Waals surface area contributed by atoms with Crippen LogP contribution in [-0.2, 0) is 14.3 Å². The zero-order valence-corrected chi connectivity index (χ0v) is 12.4. The van der Waals surface area contributed by atoms with Crippen molar-refractivity contribution in [3.63, 3.8) is 0 Å². The van der Waals surface area contributed by atoms with Gasteiger partial charge in [0.1, 0.15) is 5.82 Å². The zero-order valence-electron chi connectivity index (χ0n) is 12.4. The van der Waals surface area contributed by atoms with Crippen LogP contribution in [0.1, 0.15) is 26.3 Å². The quantitative estimate of drug-likeness (QED) is 0.633. The van der Waals surface area contributed by atoms with Crippen LogP contribution in [0.25, 0.3) is 5.57 Å². The second kappa shape index (κ2) is 6.08. The molecule has 0 saturated carbocycles. The monoisotopic (exact) mass is 291 g/mol. The molecule has 0 spiro atoms.